The van der Waals surface area contributed by atoms with Gasteiger partial charge in [-0.15, -0.1) is 0 Å². The number of anilines is 2. The summed E-state index contributed by atoms with van der Waals surface area (Å²) in [6, 6.07) is 4.32. The highest BCUT2D eigenvalue weighted by Gasteiger charge is 2.42. The van der Waals surface area contributed by atoms with Crippen LogP contribution in [-0.4, -0.2) is 79.8 Å². The molecule has 1 aromatic carbocycles. The number of amides is 2. The minimum atomic E-state index is -1.01. The molecule has 9 nitrogen and oxygen atoms in total. The standard InChI is InChI=1S/C17H21FN4O5/c18-12-5-10(22-7-11(6-19)27-17(22)25)1-2-13(12)21-3-4-26-15-9-20(16(23)24)8-14(15)21/h1-2,5,11,14-15H,3-4,6-9,19H2,(H,23,24). The molecule has 2 amide bonds. The lowest BCUT2D eigenvalue weighted by Crippen LogP contribution is -2.51. The fourth-order valence-electron chi connectivity index (χ4n) is 3.90. The molecule has 3 fully saturated rings. The smallest absolute Gasteiger partial charge is 0.414 e. The molecule has 3 atom stereocenters. The Bertz CT molecular complexity index is 763. The topological polar surface area (TPSA) is 109 Å². The number of nitrogens with two attached hydrogens (primary N) is 1. The molecular weight excluding hydrogens is 359 g/mol. The summed E-state index contributed by atoms with van der Waals surface area (Å²) in [6.45, 7) is 1.89. The van der Waals surface area contributed by atoms with E-state index in [0.717, 1.165) is 0 Å². The predicted octanol–water partition coefficient (Wildman–Crippen LogP) is 0.677. The number of morpholine rings is 1. The Hall–Kier alpha value is -2.59. The first-order chi connectivity index (χ1) is 13.0. The van der Waals surface area contributed by atoms with E-state index < -0.39 is 24.1 Å². The Labute approximate surface area is 155 Å². The summed E-state index contributed by atoms with van der Waals surface area (Å²) in [5.74, 6) is -0.481. The summed E-state index contributed by atoms with van der Waals surface area (Å²) in [5, 5.41) is 9.22. The predicted molar refractivity (Wildman–Crippen MR) is 93.5 cm³/mol. The fourth-order valence-corrected chi connectivity index (χ4v) is 3.90. The van der Waals surface area contributed by atoms with E-state index in [1.165, 1.54) is 15.9 Å². The lowest BCUT2D eigenvalue weighted by atomic mass is 10.1. The van der Waals surface area contributed by atoms with Crippen LogP contribution in [0.25, 0.3) is 0 Å². The number of halogens is 1. The van der Waals surface area contributed by atoms with Gasteiger partial charge in [-0.1, -0.05) is 0 Å². The SMILES string of the molecule is NCC1CN(c2ccc(N3CCOC4CN(C(=O)O)CC43)c(F)c2)C(=O)O1. The van der Waals surface area contributed by atoms with Crippen LogP contribution in [0, 0.1) is 5.82 Å². The van der Waals surface area contributed by atoms with E-state index in [1.54, 1.807) is 12.1 Å². The van der Waals surface area contributed by atoms with Gasteiger partial charge in [-0.2, -0.15) is 0 Å². The summed E-state index contributed by atoms with van der Waals surface area (Å²) in [4.78, 5) is 27.7. The van der Waals surface area contributed by atoms with Gasteiger partial charge in [0.05, 0.1) is 43.2 Å². The number of fused-ring (bicyclic) bond motifs is 1. The Morgan fingerprint density at radius 3 is 2.81 bits per heavy atom. The molecule has 3 unspecified atom stereocenters. The molecule has 3 N–H and O–H groups in total. The summed E-state index contributed by atoms with van der Waals surface area (Å²) in [5.41, 5.74) is 6.30. The molecule has 0 bridgehead atoms. The number of rotatable bonds is 3. The van der Waals surface area contributed by atoms with Gasteiger partial charge in [0.15, 0.2) is 0 Å². The maximum atomic E-state index is 14.9. The Morgan fingerprint density at radius 2 is 2.15 bits per heavy atom. The number of hydrogen-bond donors (Lipinski definition) is 2. The van der Waals surface area contributed by atoms with Crippen molar-refractivity contribution in [2.75, 3.05) is 49.1 Å². The number of carboxylic acid groups (broad SMARTS) is 1. The third-order valence-corrected chi connectivity index (χ3v) is 5.26. The van der Waals surface area contributed by atoms with Gasteiger partial charge in [0.25, 0.3) is 0 Å². The third kappa shape index (κ3) is 3.15. The van der Waals surface area contributed by atoms with E-state index >= 15 is 0 Å². The Balaban J connectivity index is 1.56. The lowest BCUT2D eigenvalue weighted by Gasteiger charge is -2.38. The van der Waals surface area contributed by atoms with Crippen molar-refractivity contribution >= 4 is 23.6 Å². The minimum Gasteiger partial charge on any atom is -0.465 e. The summed E-state index contributed by atoms with van der Waals surface area (Å²) in [6.07, 6.45) is -2.24. The number of benzene rings is 1. The average Bonchev–Trinajstić information content (AvgIpc) is 3.25. The van der Waals surface area contributed by atoms with Crippen LogP contribution >= 0.6 is 0 Å². The van der Waals surface area contributed by atoms with Crippen LogP contribution in [0.3, 0.4) is 0 Å². The molecule has 3 heterocycles. The largest absolute Gasteiger partial charge is 0.465 e. The van der Waals surface area contributed by atoms with E-state index in [1.807, 2.05) is 4.90 Å². The zero-order chi connectivity index (χ0) is 19.1. The molecule has 3 saturated heterocycles. The van der Waals surface area contributed by atoms with Crippen LogP contribution in [0.15, 0.2) is 18.2 Å². The number of nitrogens with zero attached hydrogens (tertiary/aromatic N) is 3. The van der Waals surface area contributed by atoms with Gasteiger partial charge in [0.2, 0.25) is 0 Å². The molecule has 3 aliphatic rings. The normalized spacial score (nSPS) is 27.7. The molecule has 0 saturated carbocycles. The second-order valence-electron chi connectivity index (χ2n) is 6.85. The van der Waals surface area contributed by atoms with Crippen LogP contribution in [0.2, 0.25) is 0 Å². The van der Waals surface area contributed by atoms with E-state index in [0.29, 0.717) is 24.5 Å². The highest BCUT2D eigenvalue weighted by atomic mass is 19.1. The maximum Gasteiger partial charge on any atom is 0.414 e. The van der Waals surface area contributed by atoms with Gasteiger partial charge < -0.3 is 30.1 Å². The van der Waals surface area contributed by atoms with Crippen molar-refractivity contribution in [1.29, 1.82) is 0 Å². The fraction of sp³-hybridized carbons (Fsp3) is 0.529. The van der Waals surface area contributed by atoms with Gasteiger partial charge >= 0.3 is 12.2 Å². The molecular formula is C17H21FN4O5. The quantitative estimate of drug-likeness (QED) is 0.794. The van der Waals surface area contributed by atoms with Crippen LogP contribution in [0.1, 0.15) is 0 Å². The zero-order valence-electron chi connectivity index (χ0n) is 14.6. The van der Waals surface area contributed by atoms with Crippen LogP contribution in [0.5, 0.6) is 0 Å². The van der Waals surface area contributed by atoms with Gasteiger partial charge in [-0.05, 0) is 18.2 Å². The van der Waals surface area contributed by atoms with Crippen molar-refractivity contribution in [3.63, 3.8) is 0 Å². The van der Waals surface area contributed by atoms with Gasteiger partial charge in [-0.3, -0.25) is 4.90 Å². The Morgan fingerprint density at radius 1 is 1.33 bits per heavy atom. The summed E-state index contributed by atoms with van der Waals surface area (Å²) < 4.78 is 25.7. The van der Waals surface area contributed by atoms with Crippen LogP contribution < -0.4 is 15.5 Å². The van der Waals surface area contributed by atoms with Crippen molar-refractivity contribution in [1.82, 2.24) is 4.90 Å². The first kappa shape index (κ1) is 17.8. The summed E-state index contributed by atoms with van der Waals surface area (Å²) in [7, 11) is 0. The number of ether oxygens (including phenoxy) is 2. The number of hydrogen-bond acceptors (Lipinski definition) is 6. The van der Waals surface area contributed by atoms with E-state index in [4.69, 9.17) is 15.2 Å². The molecule has 27 heavy (non-hydrogen) atoms. The molecule has 0 spiro atoms. The average molecular weight is 380 g/mol. The minimum absolute atomic E-state index is 0.208. The second-order valence-corrected chi connectivity index (χ2v) is 6.85. The van der Waals surface area contributed by atoms with Crippen LogP contribution in [0.4, 0.5) is 25.4 Å². The summed E-state index contributed by atoms with van der Waals surface area (Å²) >= 11 is 0. The first-order valence-corrected chi connectivity index (χ1v) is 8.82. The number of carbonyl (C=O) groups excluding carboxylic acids is 1. The molecule has 0 radical (unpaired) electrons. The van der Waals surface area contributed by atoms with Gasteiger partial charge in [-0.25, -0.2) is 14.0 Å². The second kappa shape index (κ2) is 6.86. The monoisotopic (exact) mass is 380 g/mol. The third-order valence-electron chi connectivity index (χ3n) is 5.26. The van der Waals surface area contributed by atoms with Crippen molar-refractivity contribution in [2.24, 2.45) is 5.73 Å². The highest BCUT2D eigenvalue weighted by molar-refractivity contribution is 5.90. The van der Waals surface area contributed by atoms with E-state index in [2.05, 4.69) is 0 Å². The van der Waals surface area contributed by atoms with Crippen LogP contribution in [-0.2, 0) is 9.47 Å². The van der Waals surface area contributed by atoms with E-state index in [9.17, 15) is 19.1 Å². The molecule has 1 aromatic rings. The highest BCUT2D eigenvalue weighted by Crippen LogP contribution is 2.32. The number of cyclic esters (lactones) is 1. The van der Waals surface area contributed by atoms with Crippen molar-refractivity contribution in [3.05, 3.63) is 24.0 Å². The molecule has 146 valence electrons. The molecule has 0 aliphatic carbocycles. The van der Waals surface area contributed by atoms with Gasteiger partial charge in [0, 0.05) is 19.6 Å². The number of likely N-dealkylation sites (tertiary alicyclic amines) is 1. The van der Waals surface area contributed by atoms with Crippen molar-refractivity contribution in [3.8, 4) is 0 Å². The maximum absolute atomic E-state index is 14.9. The first-order valence-electron chi connectivity index (χ1n) is 8.82. The molecule has 3 aliphatic heterocycles. The molecule has 0 aromatic heterocycles. The van der Waals surface area contributed by atoms with Crippen molar-refractivity contribution in [2.45, 2.75) is 18.2 Å². The zero-order valence-corrected chi connectivity index (χ0v) is 14.6. The van der Waals surface area contributed by atoms with Gasteiger partial charge in [0.1, 0.15) is 11.9 Å². The Kier molecular flexibility index (Phi) is 4.52. The molecule has 4 rings (SSSR count). The number of carbonyl (C=O) groups is 2. The van der Waals surface area contributed by atoms with Crippen molar-refractivity contribution < 1.29 is 28.6 Å². The molecule has 10 heteroatoms. The van der Waals surface area contributed by atoms with E-state index in [-0.39, 0.29) is 38.3 Å². The lowest BCUT2D eigenvalue weighted by molar-refractivity contribution is 0.0308.